The SMILES string of the molecule is O=C(c1occc1COc1ccccc1)N1CCN(S(=O)(=O)c2c(F)cccc2F)CC1. The van der Waals surface area contributed by atoms with E-state index in [0.29, 0.717) is 11.3 Å². The largest absolute Gasteiger partial charge is 0.489 e. The third kappa shape index (κ3) is 4.37. The average Bonchev–Trinajstić information content (AvgIpc) is 3.26. The van der Waals surface area contributed by atoms with E-state index in [1.807, 2.05) is 18.2 Å². The van der Waals surface area contributed by atoms with Crippen LogP contribution in [0.3, 0.4) is 0 Å². The molecule has 1 aromatic heterocycles. The fourth-order valence-electron chi connectivity index (χ4n) is 3.45. The highest BCUT2D eigenvalue weighted by atomic mass is 32.2. The maximum Gasteiger partial charge on any atom is 0.290 e. The van der Waals surface area contributed by atoms with E-state index in [1.165, 1.54) is 11.2 Å². The molecule has 0 atom stereocenters. The first kappa shape index (κ1) is 22.0. The van der Waals surface area contributed by atoms with E-state index in [-0.39, 0.29) is 38.5 Å². The van der Waals surface area contributed by atoms with E-state index in [2.05, 4.69) is 0 Å². The Morgan fingerprint density at radius 1 is 0.938 bits per heavy atom. The molecule has 1 amide bonds. The van der Waals surface area contributed by atoms with Crippen LogP contribution >= 0.6 is 0 Å². The van der Waals surface area contributed by atoms with Crippen molar-refractivity contribution in [2.75, 3.05) is 26.2 Å². The zero-order chi connectivity index (χ0) is 22.7. The van der Waals surface area contributed by atoms with Crippen molar-refractivity contribution in [2.24, 2.45) is 0 Å². The number of nitrogens with zero attached hydrogens (tertiary/aromatic N) is 2. The number of ether oxygens (including phenoxy) is 1. The first-order chi connectivity index (χ1) is 15.4. The minimum Gasteiger partial charge on any atom is -0.489 e. The summed E-state index contributed by atoms with van der Waals surface area (Å²) >= 11 is 0. The van der Waals surface area contributed by atoms with Crippen LogP contribution < -0.4 is 4.74 Å². The fraction of sp³-hybridized carbons (Fsp3) is 0.227. The van der Waals surface area contributed by atoms with Crippen LogP contribution in [-0.2, 0) is 16.6 Å². The molecule has 168 valence electrons. The van der Waals surface area contributed by atoms with Gasteiger partial charge in [-0.1, -0.05) is 24.3 Å². The van der Waals surface area contributed by atoms with Gasteiger partial charge in [0.2, 0.25) is 10.0 Å². The summed E-state index contributed by atoms with van der Waals surface area (Å²) in [4.78, 5) is 13.4. The molecule has 1 saturated heterocycles. The zero-order valence-corrected chi connectivity index (χ0v) is 17.7. The van der Waals surface area contributed by atoms with Gasteiger partial charge in [0.25, 0.3) is 5.91 Å². The quantitative estimate of drug-likeness (QED) is 0.562. The second kappa shape index (κ2) is 9.09. The summed E-state index contributed by atoms with van der Waals surface area (Å²) in [6.45, 7) is 0.0287. The van der Waals surface area contributed by atoms with Crippen LogP contribution in [-0.4, -0.2) is 49.7 Å². The second-order valence-corrected chi connectivity index (χ2v) is 9.00. The van der Waals surface area contributed by atoms with Gasteiger partial charge in [0.05, 0.1) is 6.26 Å². The number of benzene rings is 2. The number of amides is 1. The first-order valence-corrected chi connectivity index (χ1v) is 11.3. The van der Waals surface area contributed by atoms with Gasteiger partial charge in [-0.2, -0.15) is 4.31 Å². The lowest BCUT2D eigenvalue weighted by Gasteiger charge is -2.33. The molecular formula is C22H20F2N2O5S. The Bertz CT molecular complexity index is 1190. The Balaban J connectivity index is 1.42. The van der Waals surface area contributed by atoms with Crippen LogP contribution in [0.1, 0.15) is 16.1 Å². The third-order valence-electron chi connectivity index (χ3n) is 5.12. The van der Waals surface area contributed by atoms with Gasteiger partial charge in [-0.05, 0) is 30.3 Å². The van der Waals surface area contributed by atoms with Gasteiger partial charge >= 0.3 is 0 Å². The van der Waals surface area contributed by atoms with Gasteiger partial charge in [-0.15, -0.1) is 0 Å². The molecule has 1 aliphatic heterocycles. The number of halogens is 2. The lowest BCUT2D eigenvalue weighted by molar-refractivity contribution is 0.0662. The summed E-state index contributed by atoms with van der Waals surface area (Å²) in [5, 5.41) is 0. The van der Waals surface area contributed by atoms with Gasteiger partial charge in [-0.25, -0.2) is 17.2 Å². The van der Waals surface area contributed by atoms with E-state index in [9.17, 15) is 22.0 Å². The maximum absolute atomic E-state index is 14.0. The lowest BCUT2D eigenvalue weighted by atomic mass is 10.2. The minimum absolute atomic E-state index is 0.0494. The highest BCUT2D eigenvalue weighted by Gasteiger charge is 2.35. The summed E-state index contributed by atoms with van der Waals surface area (Å²) in [6.07, 6.45) is 1.39. The number of hydrogen-bond acceptors (Lipinski definition) is 5. The van der Waals surface area contributed by atoms with E-state index in [1.54, 1.807) is 18.2 Å². The van der Waals surface area contributed by atoms with E-state index >= 15 is 0 Å². The smallest absolute Gasteiger partial charge is 0.290 e. The number of para-hydroxylation sites is 1. The molecular weight excluding hydrogens is 442 g/mol. The van der Waals surface area contributed by atoms with Crippen molar-refractivity contribution in [1.29, 1.82) is 0 Å². The Labute approximate surface area is 183 Å². The average molecular weight is 462 g/mol. The monoisotopic (exact) mass is 462 g/mol. The van der Waals surface area contributed by atoms with Crippen molar-refractivity contribution in [2.45, 2.75) is 11.5 Å². The van der Waals surface area contributed by atoms with Crippen molar-refractivity contribution >= 4 is 15.9 Å². The van der Waals surface area contributed by atoms with E-state index in [0.717, 1.165) is 22.5 Å². The summed E-state index contributed by atoms with van der Waals surface area (Å²) in [5.74, 6) is -1.95. The lowest BCUT2D eigenvalue weighted by Crippen LogP contribution is -2.50. The molecule has 0 bridgehead atoms. The fourth-order valence-corrected chi connectivity index (χ4v) is 4.98. The molecule has 0 radical (unpaired) electrons. The third-order valence-corrected chi connectivity index (χ3v) is 7.07. The number of hydrogen-bond donors (Lipinski definition) is 0. The zero-order valence-electron chi connectivity index (χ0n) is 16.9. The topological polar surface area (TPSA) is 80.1 Å². The normalized spacial score (nSPS) is 15.0. The molecule has 1 fully saturated rings. The van der Waals surface area contributed by atoms with Crippen LogP contribution in [0.2, 0.25) is 0 Å². The summed E-state index contributed by atoms with van der Waals surface area (Å²) in [5.41, 5.74) is 0.558. The van der Waals surface area contributed by atoms with Crippen LogP contribution in [0, 0.1) is 11.6 Å². The highest BCUT2D eigenvalue weighted by Crippen LogP contribution is 2.24. The number of rotatable bonds is 6. The predicted octanol–water partition coefficient (Wildman–Crippen LogP) is 3.28. The van der Waals surface area contributed by atoms with Gasteiger partial charge in [-0.3, -0.25) is 4.79 Å². The molecule has 0 N–H and O–H groups in total. The Kier molecular flexibility index (Phi) is 6.24. The summed E-state index contributed by atoms with van der Waals surface area (Å²) in [7, 11) is -4.37. The van der Waals surface area contributed by atoms with Gasteiger partial charge in [0.1, 0.15) is 24.0 Å². The van der Waals surface area contributed by atoms with Crippen molar-refractivity contribution < 1.29 is 31.1 Å². The predicted molar refractivity (Wildman–Crippen MR) is 111 cm³/mol. The first-order valence-electron chi connectivity index (χ1n) is 9.85. The number of piperazine rings is 1. The Morgan fingerprint density at radius 3 is 2.25 bits per heavy atom. The summed E-state index contributed by atoms with van der Waals surface area (Å²) < 4.78 is 65.4. The minimum atomic E-state index is -4.37. The summed E-state index contributed by atoms with van der Waals surface area (Å²) in [6, 6.07) is 13.6. The molecule has 4 rings (SSSR count). The van der Waals surface area contributed by atoms with Crippen molar-refractivity contribution in [3.63, 3.8) is 0 Å². The number of carbonyl (C=O) groups excluding carboxylic acids is 1. The van der Waals surface area contributed by atoms with Crippen LogP contribution in [0.5, 0.6) is 5.75 Å². The molecule has 2 aromatic carbocycles. The maximum atomic E-state index is 14.0. The second-order valence-electron chi connectivity index (χ2n) is 7.12. The van der Waals surface area contributed by atoms with Crippen molar-refractivity contribution in [3.8, 4) is 5.75 Å². The standard InChI is InChI=1S/C22H20F2N2O5S/c23-18-7-4-8-19(24)21(18)32(28,29)26-12-10-25(11-13-26)22(27)20-16(9-14-30-20)15-31-17-5-2-1-3-6-17/h1-9,14H,10-13,15H2. The Hall–Kier alpha value is -3.24. The van der Waals surface area contributed by atoms with Gasteiger partial charge < -0.3 is 14.1 Å². The number of carbonyl (C=O) groups is 1. The number of sulfonamides is 1. The molecule has 0 unspecified atom stereocenters. The molecule has 2 heterocycles. The van der Waals surface area contributed by atoms with E-state index in [4.69, 9.17) is 9.15 Å². The molecule has 7 nitrogen and oxygen atoms in total. The van der Waals surface area contributed by atoms with Crippen molar-refractivity contribution in [3.05, 3.63) is 83.8 Å². The van der Waals surface area contributed by atoms with Gasteiger partial charge in [0, 0.05) is 31.7 Å². The van der Waals surface area contributed by atoms with Crippen LogP contribution in [0.15, 0.2) is 70.2 Å². The molecule has 10 heteroatoms. The van der Waals surface area contributed by atoms with Gasteiger partial charge in [0.15, 0.2) is 10.7 Å². The van der Waals surface area contributed by atoms with E-state index < -0.39 is 32.5 Å². The Morgan fingerprint density at radius 2 is 1.59 bits per heavy atom. The van der Waals surface area contributed by atoms with Crippen LogP contribution in [0.25, 0.3) is 0 Å². The molecule has 32 heavy (non-hydrogen) atoms. The molecule has 3 aromatic rings. The molecule has 0 aliphatic carbocycles. The van der Waals surface area contributed by atoms with Crippen LogP contribution in [0.4, 0.5) is 8.78 Å². The molecule has 0 spiro atoms. The van der Waals surface area contributed by atoms with Crippen molar-refractivity contribution in [1.82, 2.24) is 9.21 Å². The number of furan rings is 1. The molecule has 0 saturated carbocycles. The highest BCUT2D eigenvalue weighted by molar-refractivity contribution is 7.89. The molecule has 1 aliphatic rings.